The number of aromatic carboxylic acids is 1. The molecule has 4 aromatic rings. The van der Waals surface area contributed by atoms with Crippen molar-refractivity contribution in [3.63, 3.8) is 0 Å². The van der Waals surface area contributed by atoms with Crippen molar-refractivity contribution in [2.24, 2.45) is 5.41 Å². The Morgan fingerprint density at radius 2 is 1.71 bits per heavy atom. The highest BCUT2D eigenvalue weighted by Gasteiger charge is 2.32. The molecular formula is C33H33ClN2O6. The van der Waals surface area contributed by atoms with Crippen molar-refractivity contribution in [2.75, 3.05) is 23.8 Å². The van der Waals surface area contributed by atoms with Gasteiger partial charge in [0, 0.05) is 28.5 Å². The van der Waals surface area contributed by atoms with Gasteiger partial charge in [0.1, 0.15) is 24.0 Å². The highest BCUT2D eigenvalue weighted by molar-refractivity contribution is 6.30. The van der Waals surface area contributed by atoms with E-state index in [4.69, 9.17) is 27.2 Å². The number of carboxylic acid groups (broad SMARTS) is 1. The lowest BCUT2D eigenvalue weighted by molar-refractivity contribution is -0.124. The van der Waals surface area contributed by atoms with Crippen LogP contribution in [0.5, 0.6) is 5.75 Å². The minimum absolute atomic E-state index is 0.0266. The summed E-state index contributed by atoms with van der Waals surface area (Å²) in [5.74, 6) is -2.38. The van der Waals surface area contributed by atoms with E-state index in [1.54, 1.807) is 0 Å². The molecule has 0 saturated heterocycles. The first-order valence-corrected chi connectivity index (χ1v) is 13.7. The number of carboxylic acids is 1. The van der Waals surface area contributed by atoms with Gasteiger partial charge in [-0.1, -0.05) is 74.8 Å². The number of Topliss-reactive ketones (excluding diaryl/α,β-unsaturated/α-hetero) is 1. The van der Waals surface area contributed by atoms with Crippen molar-refractivity contribution in [3.8, 4) is 5.75 Å². The smallest absolute Gasteiger partial charge is 0.339 e. The maximum absolute atomic E-state index is 12.9. The second-order valence-corrected chi connectivity index (χ2v) is 11.7. The van der Waals surface area contributed by atoms with Crippen molar-refractivity contribution < 1.29 is 29.3 Å². The molecule has 0 aliphatic carbocycles. The predicted molar refractivity (Wildman–Crippen MR) is 164 cm³/mol. The summed E-state index contributed by atoms with van der Waals surface area (Å²) in [4.78, 5) is 36.4. The first-order chi connectivity index (χ1) is 19.8. The van der Waals surface area contributed by atoms with Gasteiger partial charge in [-0.3, -0.25) is 9.59 Å². The number of nitrogens with two attached hydrogens (primary N) is 1. The number of amides is 1. The fourth-order valence-corrected chi connectivity index (χ4v) is 5.15. The second-order valence-electron chi connectivity index (χ2n) is 11.3. The lowest BCUT2D eigenvalue weighted by Gasteiger charge is -2.30. The van der Waals surface area contributed by atoms with Crippen LogP contribution in [0.15, 0.2) is 72.8 Å². The molecule has 1 atom stereocenters. The summed E-state index contributed by atoms with van der Waals surface area (Å²) in [5.41, 5.74) is 7.83. The SMILES string of the molecule is CC(=O)c1c(N)ccc(C(=O)O)c1O.CC(C)(C)CN1C(=O)COC(c2cccc3ccccc23)c2cc(Cl)ccc21. The van der Waals surface area contributed by atoms with Gasteiger partial charge in [0.15, 0.2) is 5.78 Å². The van der Waals surface area contributed by atoms with E-state index in [-0.39, 0.29) is 40.8 Å². The zero-order valence-corrected chi connectivity index (χ0v) is 24.6. The molecule has 8 nitrogen and oxygen atoms in total. The van der Waals surface area contributed by atoms with E-state index >= 15 is 0 Å². The number of phenols is 1. The summed E-state index contributed by atoms with van der Waals surface area (Å²) < 4.78 is 6.19. The normalized spacial score (nSPS) is 14.9. The molecule has 1 aliphatic rings. The number of anilines is 2. The topological polar surface area (TPSA) is 130 Å². The predicted octanol–water partition coefficient (Wildman–Crippen LogP) is 6.87. The summed E-state index contributed by atoms with van der Waals surface area (Å²) in [7, 11) is 0. The number of aromatic hydroxyl groups is 1. The van der Waals surface area contributed by atoms with Gasteiger partial charge >= 0.3 is 5.97 Å². The Balaban J connectivity index is 0.000000244. The van der Waals surface area contributed by atoms with Crippen LogP contribution in [0.25, 0.3) is 10.8 Å². The first kappa shape index (κ1) is 30.6. The van der Waals surface area contributed by atoms with Crippen LogP contribution in [-0.4, -0.2) is 41.0 Å². The largest absolute Gasteiger partial charge is 0.506 e. The number of ether oxygens (including phenoxy) is 1. The molecule has 0 bridgehead atoms. The maximum atomic E-state index is 12.9. The third kappa shape index (κ3) is 6.56. The monoisotopic (exact) mass is 588 g/mol. The minimum atomic E-state index is -1.30. The van der Waals surface area contributed by atoms with Gasteiger partial charge in [0.25, 0.3) is 5.91 Å². The second kappa shape index (κ2) is 12.2. The van der Waals surface area contributed by atoms with Crippen molar-refractivity contribution in [3.05, 3.63) is 100 Å². The van der Waals surface area contributed by atoms with E-state index in [1.165, 1.54) is 13.0 Å². The fraction of sp³-hybridized carbons (Fsp3) is 0.242. The summed E-state index contributed by atoms with van der Waals surface area (Å²) in [5, 5.41) is 21.0. The molecule has 9 heteroatoms. The third-order valence-corrected chi connectivity index (χ3v) is 7.00. The molecular weight excluding hydrogens is 556 g/mol. The molecule has 0 radical (unpaired) electrons. The lowest BCUT2D eigenvalue weighted by Crippen LogP contribution is -2.39. The highest BCUT2D eigenvalue weighted by atomic mass is 35.5. The summed E-state index contributed by atoms with van der Waals surface area (Å²) in [6, 6.07) is 22.6. The minimum Gasteiger partial charge on any atom is -0.506 e. The molecule has 4 aromatic carbocycles. The summed E-state index contributed by atoms with van der Waals surface area (Å²) in [6.07, 6.45) is -0.353. The van der Waals surface area contributed by atoms with Crippen LogP contribution in [0.2, 0.25) is 5.02 Å². The molecule has 0 spiro atoms. The first-order valence-electron chi connectivity index (χ1n) is 13.3. The maximum Gasteiger partial charge on any atom is 0.339 e. The number of hydrogen-bond acceptors (Lipinski definition) is 6. The number of carbonyl (C=O) groups is 3. The van der Waals surface area contributed by atoms with Gasteiger partial charge in [-0.2, -0.15) is 0 Å². The molecule has 0 aromatic heterocycles. The Hall–Kier alpha value is -4.40. The fourth-order valence-electron chi connectivity index (χ4n) is 4.97. The van der Waals surface area contributed by atoms with Gasteiger partial charge in [-0.15, -0.1) is 0 Å². The number of carbonyl (C=O) groups excluding carboxylic acids is 2. The molecule has 0 fully saturated rings. The van der Waals surface area contributed by atoms with Gasteiger partial charge in [0.2, 0.25) is 0 Å². The van der Waals surface area contributed by atoms with Crippen LogP contribution in [0.3, 0.4) is 0 Å². The highest BCUT2D eigenvalue weighted by Crippen LogP contribution is 2.41. The molecule has 0 saturated carbocycles. The Morgan fingerprint density at radius 3 is 2.38 bits per heavy atom. The number of benzene rings is 4. The molecule has 218 valence electrons. The molecule has 5 rings (SSSR count). The number of ketones is 1. The van der Waals surface area contributed by atoms with Gasteiger partial charge in [0.05, 0.1) is 5.56 Å². The van der Waals surface area contributed by atoms with Crippen molar-refractivity contribution in [1.29, 1.82) is 0 Å². The molecule has 1 aliphatic heterocycles. The van der Waals surface area contributed by atoms with Gasteiger partial charge < -0.3 is 25.6 Å². The zero-order valence-electron chi connectivity index (χ0n) is 23.8. The summed E-state index contributed by atoms with van der Waals surface area (Å²) >= 11 is 6.36. The molecule has 42 heavy (non-hydrogen) atoms. The quantitative estimate of drug-likeness (QED) is 0.175. The Kier molecular flexibility index (Phi) is 8.89. The number of nitrogens with zero attached hydrogens (tertiary/aromatic N) is 1. The molecule has 1 heterocycles. The van der Waals surface area contributed by atoms with E-state index in [1.807, 2.05) is 41.3 Å². The number of hydrogen-bond donors (Lipinski definition) is 3. The van der Waals surface area contributed by atoms with Crippen LogP contribution in [0.4, 0.5) is 11.4 Å². The van der Waals surface area contributed by atoms with Crippen LogP contribution >= 0.6 is 11.6 Å². The lowest BCUT2D eigenvalue weighted by atomic mass is 9.93. The van der Waals surface area contributed by atoms with Crippen molar-refractivity contribution in [1.82, 2.24) is 0 Å². The van der Waals surface area contributed by atoms with Crippen LogP contribution < -0.4 is 10.6 Å². The average molecular weight is 589 g/mol. The van der Waals surface area contributed by atoms with E-state index in [2.05, 4.69) is 45.0 Å². The Bertz CT molecular complexity index is 1670. The Morgan fingerprint density at radius 1 is 1.02 bits per heavy atom. The van der Waals surface area contributed by atoms with Crippen LogP contribution in [-0.2, 0) is 9.53 Å². The van der Waals surface area contributed by atoms with Gasteiger partial charge in [-0.05, 0) is 59.0 Å². The van der Waals surface area contributed by atoms with E-state index in [0.717, 1.165) is 33.7 Å². The van der Waals surface area contributed by atoms with Crippen molar-refractivity contribution in [2.45, 2.75) is 33.8 Å². The van der Waals surface area contributed by atoms with Crippen LogP contribution in [0.1, 0.15) is 65.6 Å². The third-order valence-electron chi connectivity index (χ3n) is 6.77. The average Bonchev–Trinajstić information content (AvgIpc) is 3.03. The van der Waals surface area contributed by atoms with E-state index in [9.17, 15) is 19.5 Å². The number of nitrogen functional groups attached to an aromatic ring is 1. The van der Waals surface area contributed by atoms with Crippen LogP contribution in [0, 0.1) is 5.41 Å². The molecule has 1 unspecified atom stereocenters. The van der Waals surface area contributed by atoms with Gasteiger partial charge in [-0.25, -0.2) is 4.79 Å². The number of rotatable bonds is 4. The van der Waals surface area contributed by atoms with Crippen molar-refractivity contribution >= 4 is 51.4 Å². The number of fused-ring (bicyclic) bond motifs is 2. The standard InChI is InChI=1S/C24H24ClNO2.C9H9NO4/c1-24(2,3)15-26-21-12-11-17(25)13-20(21)23(28-14-22(26)27)19-10-6-8-16-7-4-5-9-18(16)19;1-4(11)7-6(10)3-2-5(8(7)12)9(13)14/h4-13,23H,14-15H2,1-3H3;2-3,12H,10H2,1H3,(H,13,14). The molecule has 4 N–H and O–H groups in total. The molecule has 1 amide bonds. The summed E-state index contributed by atoms with van der Waals surface area (Å²) in [6.45, 7) is 8.25. The Labute approximate surface area is 249 Å². The van der Waals surface area contributed by atoms with E-state index < -0.39 is 17.5 Å². The number of halogens is 1. The zero-order chi connectivity index (χ0) is 30.8. The van der Waals surface area contributed by atoms with E-state index in [0.29, 0.717) is 11.6 Å².